The lowest BCUT2D eigenvalue weighted by molar-refractivity contribution is 0.0617. The van der Waals surface area contributed by atoms with E-state index in [4.69, 9.17) is 14.2 Å². The molecular formula is C31H38N4O4. The van der Waals surface area contributed by atoms with Crippen LogP contribution < -0.4 is 14.4 Å². The van der Waals surface area contributed by atoms with Crippen molar-refractivity contribution in [1.82, 2.24) is 14.4 Å². The number of ether oxygens (including phenoxy) is 3. The van der Waals surface area contributed by atoms with Crippen LogP contribution in [0.2, 0.25) is 0 Å². The third-order valence-corrected chi connectivity index (χ3v) is 8.18. The highest BCUT2D eigenvalue weighted by molar-refractivity contribution is 5.96. The van der Waals surface area contributed by atoms with Crippen molar-refractivity contribution in [2.45, 2.75) is 33.9 Å². The third kappa shape index (κ3) is 5.23. The number of hydrogen-bond donors (Lipinski definition) is 0. The molecule has 0 unspecified atom stereocenters. The number of piperazine rings is 1. The smallest absolute Gasteiger partial charge is 0.270 e. The second kappa shape index (κ2) is 10.9. The van der Waals surface area contributed by atoms with E-state index < -0.39 is 0 Å². The molecule has 0 atom stereocenters. The second-order valence-corrected chi connectivity index (χ2v) is 10.8. The molecule has 206 valence electrons. The predicted octanol–water partition coefficient (Wildman–Crippen LogP) is 3.98. The number of nitrogens with zero attached hydrogens (tertiary/aromatic N) is 4. The highest BCUT2D eigenvalue weighted by Crippen LogP contribution is 2.34. The van der Waals surface area contributed by atoms with Crippen molar-refractivity contribution in [2.24, 2.45) is 0 Å². The van der Waals surface area contributed by atoms with E-state index in [0.717, 1.165) is 74.4 Å². The minimum absolute atomic E-state index is 0.130. The van der Waals surface area contributed by atoms with E-state index in [1.54, 1.807) is 0 Å². The van der Waals surface area contributed by atoms with E-state index in [1.165, 1.54) is 22.4 Å². The third-order valence-electron chi connectivity index (χ3n) is 8.18. The Balaban J connectivity index is 1.22. The topological polar surface area (TPSA) is 59.4 Å². The lowest BCUT2D eigenvalue weighted by Gasteiger charge is -2.35. The number of morpholine rings is 1. The van der Waals surface area contributed by atoms with Gasteiger partial charge < -0.3 is 28.6 Å². The molecule has 3 aliphatic rings. The molecule has 4 heterocycles. The van der Waals surface area contributed by atoms with Gasteiger partial charge in [0.15, 0.2) is 11.5 Å². The van der Waals surface area contributed by atoms with Gasteiger partial charge in [-0.1, -0.05) is 35.9 Å². The SMILES string of the molecule is Cc1cccc(Cn2c(C)c(N3CCOCC3)c(C)c2C(=O)N2CCN(Cc3ccc4c(c3)OCO4)CC2)c1. The fourth-order valence-electron chi connectivity index (χ4n) is 6.16. The summed E-state index contributed by atoms with van der Waals surface area (Å²) < 4.78 is 18.9. The van der Waals surface area contributed by atoms with Crippen LogP contribution in [0.4, 0.5) is 5.69 Å². The Morgan fingerprint density at radius 1 is 0.821 bits per heavy atom. The molecule has 3 aromatic rings. The zero-order valence-electron chi connectivity index (χ0n) is 23.2. The van der Waals surface area contributed by atoms with Crippen molar-refractivity contribution in [3.8, 4) is 11.5 Å². The molecule has 2 fully saturated rings. The fraction of sp³-hybridized carbons (Fsp3) is 0.452. The normalized spacial score (nSPS) is 17.6. The Labute approximate surface area is 230 Å². The van der Waals surface area contributed by atoms with Crippen LogP contribution >= 0.6 is 0 Å². The summed E-state index contributed by atoms with van der Waals surface area (Å²) in [6.07, 6.45) is 0. The van der Waals surface area contributed by atoms with Crippen molar-refractivity contribution >= 4 is 11.6 Å². The highest BCUT2D eigenvalue weighted by atomic mass is 16.7. The minimum Gasteiger partial charge on any atom is -0.454 e. The Bertz CT molecular complexity index is 1350. The number of carbonyl (C=O) groups is 1. The summed E-state index contributed by atoms with van der Waals surface area (Å²) in [6.45, 7) is 14.4. The number of benzene rings is 2. The minimum atomic E-state index is 0.130. The predicted molar refractivity (Wildman–Crippen MR) is 151 cm³/mol. The Morgan fingerprint density at radius 2 is 1.56 bits per heavy atom. The first-order valence-electron chi connectivity index (χ1n) is 14.0. The van der Waals surface area contributed by atoms with Crippen molar-refractivity contribution in [1.29, 1.82) is 0 Å². The molecule has 8 heteroatoms. The Kier molecular flexibility index (Phi) is 7.23. The Hall–Kier alpha value is -3.49. The van der Waals surface area contributed by atoms with Gasteiger partial charge in [-0.3, -0.25) is 9.69 Å². The van der Waals surface area contributed by atoms with Gasteiger partial charge in [-0.25, -0.2) is 0 Å². The maximum atomic E-state index is 14.2. The lowest BCUT2D eigenvalue weighted by Crippen LogP contribution is -2.48. The summed E-state index contributed by atoms with van der Waals surface area (Å²) in [6, 6.07) is 14.7. The quantitative estimate of drug-likeness (QED) is 0.481. The fourth-order valence-corrected chi connectivity index (χ4v) is 6.16. The van der Waals surface area contributed by atoms with E-state index in [0.29, 0.717) is 19.6 Å². The molecule has 0 bridgehead atoms. The van der Waals surface area contributed by atoms with Gasteiger partial charge in [0.05, 0.1) is 18.9 Å². The van der Waals surface area contributed by atoms with Crippen LogP contribution in [0.5, 0.6) is 11.5 Å². The van der Waals surface area contributed by atoms with E-state index in [1.807, 2.05) is 11.0 Å². The zero-order valence-corrected chi connectivity index (χ0v) is 23.2. The monoisotopic (exact) mass is 530 g/mol. The summed E-state index contributed by atoms with van der Waals surface area (Å²) >= 11 is 0. The number of rotatable bonds is 6. The lowest BCUT2D eigenvalue weighted by atomic mass is 10.1. The van der Waals surface area contributed by atoms with Gasteiger partial charge in [-0.05, 0) is 44.0 Å². The van der Waals surface area contributed by atoms with Crippen LogP contribution in [0.3, 0.4) is 0 Å². The number of aromatic nitrogens is 1. The van der Waals surface area contributed by atoms with Crippen molar-refractivity contribution in [2.75, 3.05) is 64.2 Å². The van der Waals surface area contributed by atoms with Crippen molar-refractivity contribution in [3.05, 3.63) is 76.1 Å². The van der Waals surface area contributed by atoms with Crippen LogP contribution in [0.15, 0.2) is 42.5 Å². The molecule has 0 aliphatic carbocycles. The van der Waals surface area contributed by atoms with Crippen LogP contribution in [0, 0.1) is 20.8 Å². The van der Waals surface area contributed by atoms with Gasteiger partial charge in [-0.2, -0.15) is 0 Å². The molecule has 0 radical (unpaired) electrons. The molecule has 8 nitrogen and oxygen atoms in total. The number of amides is 1. The van der Waals surface area contributed by atoms with Crippen LogP contribution in [0.25, 0.3) is 0 Å². The maximum Gasteiger partial charge on any atom is 0.270 e. The molecule has 2 aromatic carbocycles. The van der Waals surface area contributed by atoms with Crippen molar-refractivity contribution in [3.63, 3.8) is 0 Å². The first-order chi connectivity index (χ1) is 19.0. The van der Waals surface area contributed by atoms with E-state index >= 15 is 0 Å². The number of fused-ring (bicyclic) bond motifs is 1. The van der Waals surface area contributed by atoms with Gasteiger partial charge in [0, 0.05) is 63.6 Å². The molecule has 1 aromatic heterocycles. The highest BCUT2D eigenvalue weighted by Gasteiger charge is 2.31. The summed E-state index contributed by atoms with van der Waals surface area (Å²) in [5.41, 5.74) is 7.89. The van der Waals surface area contributed by atoms with Crippen LogP contribution in [-0.2, 0) is 17.8 Å². The summed E-state index contributed by atoms with van der Waals surface area (Å²) in [7, 11) is 0. The van der Waals surface area contributed by atoms with Gasteiger partial charge in [0.1, 0.15) is 5.69 Å². The molecular weight excluding hydrogens is 492 g/mol. The molecule has 0 N–H and O–H groups in total. The molecule has 1 amide bonds. The first-order valence-corrected chi connectivity index (χ1v) is 14.0. The standard InChI is InChI=1S/C31H38N4O4/c1-22-5-4-6-25(17-22)20-35-24(3)29(33-13-15-37-16-14-33)23(2)30(35)31(36)34-11-9-32(10-12-34)19-26-7-8-27-28(18-26)39-21-38-27/h4-8,17-18H,9-16,19-21H2,1-3H3. The van der Waals surface area contributed by atoms with Crippen LogP contribution in [0.1, 0.15) is 38.4 Å². The van der Waals surface area contributed by atoms with Crippen LogP contribution in [-0.4, -0.2) is 79.5 Å². The summed E-state index contributed by atoms with van der Waals surface area (Å²) in [5, 5.41) is 0. The number of hydrogen-bond acceptors (Lipinski definition) is 6. The molecule has 0 saturated carbocycles. The van der Waals surface area contributed by atoms with E-state index in [-0.39, 0.29) is 12.7 Å². The van der Waals surface area contributed by atoms with Gasteiger partial charge >= 0.3 is 0 Å². The van der Waals surface area contributed by atoms with Gasteiger partial charge in [-0.15, -0.1) is 0 Å². The average molecular weight is 531 g/mol. The summed E-state index contributed by atoms with van der Waals surface area (Å²) in [4.78, 5) is 21.0. The molecule has 6 rings (SSSR count). The summed E-state index contributed by atoms with van der Waals surface area (Å²) in [5.74, 6) is 1.76. The van der Waals surface area contributed by atoms with Gasteiger partial charge in [0.2, 0.25) is 6.79 Å². The maximum absolute atomic E-state index is 14.2. The average Bonchev–Trinajstić information content (AvgIpc) is 3.51. The van der Waals surface area contributed by atoms with E-state index in [2.05, 4.69) is 71.5 Å². The van der Waals surface area contributed by atoms with E-state index in [9.17, 15) is 4.79 Å². The number of anilines is 1. The van der Waals surface area contributed by atoms with Crippen molar-refractivity contribution < 1.29 is 19.0 Å². The molecule has 0 spiro atoms. The molecule has 39 heavy (non-hydrogen) atoms. The Morgan fingerprint density at radius 3 is 2.33 bits per heavy atom. The van der Waals surface area contributed by atoms with Gasteiger partial charge in [0.25, 0.3) is 5.91 Å². The second-order valence-electron chi connectivity index (χ2n) is 10.8. The largest absolute Gasteiger partial charge is 0.454 e. The number of carbonyl (C=O) groups excluding carboxylic acids is 1. The zero-order chi connectivity index (χ0) is 26.9. The number of aryl methyl sites for hydroxylation is 1. The first kappa shape index (κ1) is 25.8. The molecule has 2 saturated heterocycles. The molecule has 3 aliphatic heterocycles.